The molecule has 0 aliphatic carbocycles. The van der Waals surface area contributed by atoms with Crippen LogP contribution in [0.4, 0.5) is 17.6 Å². The van der Waals surface area contributed by atoms with Crippen LogP contribution in [0.15, 0.2) is 35.1 Å². The fourth-order valence-corrected chi connectivity index (χ4v) is 2.38. The fraction of sp³-hybridized carbons (Fsp3) is 0.200. The Morgan fingerprint density at radius 2 is 2.04 bits per heavy atom. The Balaban J connectivity index is 1.97. The molecule has 0 N–H and O–H groups in total. The average Bonchev–Trinajstić information content (AvgIpc) is 3.06. The van der Waals surface area contributed by atoms with Crippen molar-refractivity contribution in [2.75, 3.05) is 6.61 Å². The lowest BCUT2D eigenvalue weighted by atomic mass is 10.2. The molecule has 6 nitrogen and oxygen atoms in total. The minimum atomic E-state index is -4.81. The van der Waals surface area contributed by atoms with E-state index in [1.165, 1.54) is 12.4 Å². The Labute approximate surface area is 153 Å². The molecule has 3 rings (SSSR count). The van der Waals surface area contributed by atoms with Crippen molar-refractivity contribution in [1.29, 1.82) is 0 Å². The molecule has 0 fully saturated rings. The maximum absolute atomic E-state index is 13.4. The van der Waals surface area contributed by atoms with E-state index in [0.717, 1.165) is 16.8 Å². The fourth-order valence-electron chi connectivity index (χ4n) is 2.08. The monoisotopic (exact) mass is 431 g/mol. The summed E-state index contributed by atoms with van der Waals surface area (Å²) in [5.41, 5.74) is -1.17. The molecule has 0 spiro atoms. The molecule has 0 unspecified atom stereocenters. The molecule has 26 heavy (non-hydrogen) atoms. The van der Waals surface area contributed by atoms with E-state index in [1.807, 2.05) is 0 Å². The van der Waals surface area contributed by atoms with Crippen LogP contribution in [-0.4, -0.2) is 31.6 Å². The molecule has 2 aromatic heterocycles. The molecular weight excluding hydrogens is 422 g/mol. The Kier molecular flexibility index (Phi) is 4.90. The van der Waals surface area contributed by atoms with Gasteiger partial charge in [0.15, 0.2) is 11.5 Å². The molecule has 3 aromatic rings. The van der Waals surface area contributed by atoms with Gasteiger partial charge < -0.3 is 4.74 Å². The Hall–Kier alpha value is -2.56. The van der Waals surface area contributed by atoms with E-state index in [2.05, 4.69) is 36.2 Å². The van der Waals surface area contributed by atoms with Gasteiger partial charge in [-0.15, -0.1) is 5.10 Å². The third-order valence-corrected chi connectivity index (χ3v) is 3.78. The minimum Gasteiger partial charge on any atom is -0.477 e. The molecular formula is C15H10BrF4N5O. The van der Waals surface area contributed by atoms with Crippen molar-refractivity contribution >= 4 is 15.9 Å². The molecule has 11 heteroatoms. The van der Waals surface area contributed by atoms with Gasteiger partial charge in [-0.05, 0) is 41.1 Å². The van der Waals surface area contributed by atoms with E-state index in [4.69, 9.17) is 4.74 Å². The van der Waals surface area contributed by atoms with E-state index < -0.39 is 17.6 Å². The van der Waals surface area contributed by atoms with Crippen molar-refractivity contribution in [3.05, 3.63) is 46.4 Å². The van der Waals surface area contributed by atoms with Crippen LogP contribution in [0.1, 0.15) is 12.5 Å². The van der Waals surface area contributed by atoms with Crippen LogP contribution in [0.5, 0.6) is 5.88 Å². The largest absolute Gasteiger partial charge is 0.477 e. The first-order valence-corrected chi connectivity index (χ1v) is 8.04. The summed E-state index contributed by atoms with van der Waals surface area (Å²) in [5, 5.41) is 7.61. The van der Waals surface area contributed by atoms with Crippen molar-refractivity contribution in [2.24, 2.45) is 0 Å². The van der Waals surface area contributed by atoms with Crippen LogP contribution in [-0.2, 0) is 6.18 Å². The second-order valence-electron chi connectivity index (χ2n) is 4.99. The van der Waals surface area contributed by atoms with E-state index in [0.29, 0.717) is 23.0 Å². The highest BCUT2D eigenvalue weighted by Gasteiger charge is 2.34. The van der Waals surface area contributed by atoms with Gasteiger partial charge in [0.2, 0.25) is 5.88 Å². The van der Waals surface area contributed by atoms with E-state index in [1.54, 1.807) is 6.92 Å². The maximum Gasteiger partial charge on any atom is 0.419 e. The Morgan fingerprint density at radius 3 is 2.73 bits per heavy atom. The van der Waals surface area contributed by atoms with Gasteiger partial charge in [-0.2, -0.15) is 18.2 Å². The molecule has 0 amide bonds. The van der Waals surface area contributed by atoms with Crippen LogP contribution in [0.2, 0.25) is 0 Å². The summed E-state index contributed by atoms with van der Waals surface area (Å²) in [6, 6.07) is 2.54. The number of benzene rings is 1. The zero-order valence-electron chi connectivity index (χ0n) is 13.1. The first kappa shape index (κ1) is 18.2. The van der Waals surface area contributed by atoms with Gasteiger partial charge in [0.25, 0.3) is 0 Å². The summed E-state index contributed by atoms with van der Waals surface area (Å²) in [4.78, 5) is 8.25. The number of alkyl halides is 3. The third kappa shape index (κ3) is 3.66. The highest BCUT2D eigenvalue weighted by Crippen LogP contribution is 2.32. The number of rotatable bonds is 4. The van der Waals surface area contributed by atoms with Gasteiger partial charge in [-0.1, -0.05) is 5.21 Å². The molecule has 1 aromatic carbocycles. The predicted octanol–water partition coefficient (Wildman–Crippen LogP) is 4.04. The van der Waals surface area contributed by atoms with Crippen LogP contribution in [0.25, 0.3) is 17.2 Å². The topological polar surface area (TPSA) is 65.7 Å². The van der Waals surface area contributed by atoms with Crippen LogP contribution in [0.3, 0.4) is 0 Å². The Morgan fingerprint density at radius 1 is 1.27 bits per heavy atom. The number of hydrogen-bond acceptors (Lipinski definition) is 5. The highest BCUT2D eigenvalue weighted by molar-refractivity contribution is 9.10. The normalized spacial score (nSPS) is 11.6. The summed E-state index contributed by atoms with van der Waals surface area (Å²) in [7, 11) is 0. The first-order chi connectivity index (χ1) is 12.3. The minimum absolute atomic E-state index is 0.000353. The molecule has 0 saturated carbocycles. The summed E-state index contributed by atoms with van der Waals surface area (Å²) >= 11 is 3.25. The van der Waals surface area contributed by atoms with Gasteiger partial charge >= 0.3 is 6.18 Å². The zero-order valence-corrected chi connectivity index (χ0v) is 14.7. The number of halogens is 5. The summed E-state index contributed by atoms with van der Waals surface area (Å²) in [6.45, 7) is 2.18. The number of aromatic nitrogens is 5. The second kappa shape index (κ2) is 6.98. The van der Waals surface area contributed by atoms with Crippen molar-refractivity contribution in [3.8, 4) is 23.1 Å². The second-order valence-corrected chi connectivity index (χ2v) is 5.84. The summed E-state index contributed by atoms with van der Waals surface area (Å²) in [5.74, 6) is -0.881. The van der Waals surface area contributed by atoms with Crippen molar-refractivity contribution in [3.63, 3.8) is 0 Å². The van der Waals surface area contributed by atoms with E-state index >= 15 is 0 Å². The van der Waals surface area contributed by atoms with Crippen molar-refractivity contribution in [2.45, 2.75) is 13.1 Å². The van der Waals surface area contributed by atoms with Crippen LogP contribution < -0.4 is 4.74 Å². The molecule has 0 aliphatic heterocycles. The van der Waals surface area contributed by atoms with Crippen molar-refractivity contribution < 1.29 is 22.3 Å². The van der Waals surface area contributed by atoms with E-state index in [9.17, 15) is 17.6 Å². The van der Waals surface area contributed by atoms with Gasteiger partial charge in [0.1, 0.15) is 5.82 Å². The first-order valence-electron chi connectivity index (χ1n) is 7.24. The lowest BCUT2D eigenvalue weighted by molar-refractivity contribution is -0.140. The smallest absolute Gasteiger partial charge is 0.419 e. The van der Waals surface area contributed by atoms with Crippen LogP contribution in [0, 0.1) is 5.82 Å². The molecule has 0 radical (unpaired) electrons. The molecule has 0 atom stereocenters. The quantitative estimate of drug-likeness (QED) is 0.583. The van der Waals surface area contributed by atoms with Crippen LogP contribution >= 0.6 is 15.9 Å². The van der Waals surface area contributed by atoms with Crippen molar-refractivity contribution in [1.82, 2.24) is 25.0 Å². The predicted molar refractivity (Wildman–Crippen MR) is 86.2 cm³/mol. The number of hydrogen-bond donors (Lipinski definition) is 0. The van der Waals surface area contributed by atoms with Gasteiger partial charge in [-0.3, -0.25) is 0 Å². The maximum atomic E-state index is 13.4. The summed E-state index contributed by atoms with van der Waals surface area (Å²) < 4.78 is 58.9. The van der Waals surface area contributed by atoms with Gasteiger partial charge in [0.05, 0.1) is 28.5 Å². The van der Waals surface area contributed by atoms with E-state index in [-0.39, 0.29) is 17.2 Å². The number of nitrogens with zero attached hydrogens (tertiary/aromatic N) is 5. The molecule has 2 heterocycles. The Bertz CT molecular complexity index is 944. The van der Waals surface area contributed by atoms with Gasteiger partial charge in [0, 0.05) is 6.20 Å². The standard InChI is InChI=1S/C15H10BrF4N5O/c1-2-26-14-10(16)6-21-13(22-14)12-7-25(24-23-12)8-3-4-11(17)9(5-8)15(18,19)20/h3-7H,2H2,1H3. The zero-order chi connectivity index (χ0) is 18.9. The lowest BCUT2D eigenvalue weighted by Crippen LogP contribution is -2.09. The average molecular weight is 432 g/mol. The molecule has 0 aliphatic rings. The van der Waals surface area contributed by atoms with Gasteiger partial charge in [-0.25, -0.2) is 14.1 Å². The summed E-state index contributed by atoms with van der Waals surface area (Å²) in [6.07, 6.45) is -2.01. The molecule has 136 valence electrons. The molecule has 0 bridgehead atoms. The SMILES string of the molecule is CCOc1nc(-c2cn(-c3ccc(F)c(C(F)(F)F)c3)nn2)ncc1Br. The molecule has 0 saturated heterocycles. The third-order valence-electron chi connectivity index (χ3n) is 3.24. The highest BCUT2D eigenvalue weighted by atomic mass is 79.9. The number of ether oxygens (including phenoxy) is 1. The lowest BCUT2D eigenvalue weighted by Gasteiger charge is -2.09.